The fourth-order valence-corrected chi connectivity index (χ4v) is 3.75. The minimum atomic E-state index is -0.291. The van der Waals surface area contributed by atoms with Crippen molar-refractivity contribution < 1.29 is 4.79 Å². The SMILES string of the molecule is Cc1cc(C)n(CCC(=O)N2CCC(c3ccccc3Cl)C2)c(=O)n1. The molecule has 1 unspecified atom stereocenters. The fourth-order valence-electron chi connectivity index (χ4n) is 3.46. The van der Waals surface area contributed by atoms with Crippen LogP contribution in [0.2, 0.25) is 5.02 Å². The molecule has 1 fully saturated rings. The van der Waals surface area contributed by atoms with Crippen molar-refractivity contribution in [3.63, 3.8) is 0 Å². The van der Waals surface area contributed by atoms with Gasteiger partial charge in [0.15, 0.2) is 0 Å². The van der Waals surface area contributed by atoms with Crippen molar-refractivity contribution in [2.45, 2.75) is 39.2 Å². The van der Waals surface area contributed by atoms with Gasteiger partial charge in [-0.3, -0.25) is 9.36 Å². The summed E-state index contributed by atoms with van der Waals surface area (Å²) >= 11 is 6.27. The number of aromatic nitrogens is 2. The van der Waals surface area contributed by atoms with E-state index < -0.39 is 0 Å². The van der Waals surface area contributed by atoms with E-state index in [1.54, 1.807) is 11.5 Å². The molecule has 6 heteroatoms. The zero-order chi connectivity index (χ0) is 18.0. The Balaban J connectivity index is 1.62. The molecule has 1 aliphatic heterocycles. The molecule has 132 valence electrons. The molecule has 2 heterocycles. The first-order valence-electron chi connectivity index (χ1n) is 8.53. The summed E-state index contributed by atoms with van der Waals surface area (Å²) in [4.78, 5) is 30.3. The summed E-state index contributed by atoms with van der Waals surface area (Å²) in [6, 6.07) is 9.67. The monoisotopic (exact) mass is 359 g/mol. The number of hydrogen-bond donors (Lipinski definition) is 0. The van der Waals surface area contributed by atoms with Crippen LogP contribution >= 0.6 is 11.6 Å². The molecule has 1 aromatic heterocycles. The molecule has 1 amide bonds. The number of amides is 1. The van der Waals surface area contributed by atoms with Crippen molar-refractivity contribution in [1.82, 2.24) is 14.5 Å². The normalized spacial score (nSPS) is 17.1. The summed E-state index contributed by atoms with van der Waals surface area (Å²) in [6.45, 7) is 5.44. The molecule has 0 aliphatic carbocycles. The summed E-state index contributed by atoms with van der Waals surface area (Å²) in [5.41, 5.74) is 2.35. The van der Waals surface area contributed by atoms with E-state index in [4.69, 9.17) is 11.6 Å². The van der Waals surface area contributed by atoms with Crippen molar-refractivity contribution in [1.29, 1.82) is 0 Å². The summed E-state index contributed by atoms with van der Waals surface area (Å²) in [5.74, 6) is 0.351. The molecule has 0 N–H and O–H groups in total. The minimum absolute atomic E-state index is 0.0708. The van der Waals surface area contributed by atoms with Crippen LogP contribution in [0.25, 0.3) is 0 Å². The van der Waals surface area contributed by atoms with E-state index in [-0.39, 0.29) is 17.5 Å². The van der Waals surface area contributed by atoms with E-state index >= 15 is 0 Å². The lowest BCUT2D eigenvalue weighted by atomic mass is 9.98. The van der Waals surface area contributed by atoms with Crippen LogP contribution in [0, 0.1) is 13.8 Å². The maximum absolute atomic E-state index is 12.5. The van der Waals surface area contributed by atoms with Crippen LogP contribution in [0.15, 0.2) is 35.1 Å². The third-order valence-corrected chi connectivity index (χ3v) is 5.13. The van der Waals surface area contributed by atoms with Crippen molar-refractivity contribution in [2.24, 2.45) is 0 Å². The molecular weight excluding hydrogens is 338 g/mol. The number of hydrogen-bond acceptors (Lipinski definition) is 3. The largest absolute Gasteiger partial charge is 0.347 e. The smallest absolute Gasteiger partial charge is 0.342 e. The standard InChI is InChI=1S/C19H22ClN3O2/c1-13-11-14(2)23(19(25)21-13)10-8-18(24)22-9-7-15(12-22)16-5-3-4-6-17(16)20/h3-6,11,15H,7-10,12H2,1-2H3. The van der Waals surface area contributed by atoms with Crippen LogP contribution in [0.5, 0.6) is 0 Å². The highest BCUT2D eigenvalue weighted by Crippen LogP contribution is 2.32. The number of aryl methyl sites for hydroxylation is 2. The van der Waals surface area contributed by atoms with Gasteiger partial charge >= 0.3 is 5.69 Å². The van der Waals surface area contributed by atoms with Gasteiger partial charge in [-0.25, -0.2) is 4.79 Å². The van der Waals surface area contributed by atoms with E-state index in [1.165, 1.54) is 0 Å². The third-order valence-electron chi connectivity index (χ3n) is 4.78. The number of halogens is 1. The summed E-state index contributed by atoms with van der Waals surface area (Å²) in [6.07, 6.45) is 1.22. The average Bonchev–Trinajstić information content (AvgIpc) is 3.04. The Kier molecular flexibility index (Phi) is 5.23. The Morgan fingerprint density at radius 1 is 1.32 bits per heavy atom. The van der Waals surface area contributed by atoms with E-state index in [0.717, 1.165) is 29.2 Å². The van der Waals surface area contributed by atoms with Crippen LogP contribution in [0.1, 0.15) is 35.7 Å². The Morgan fingerprint density at radius 3 is 2.80 bits per heavy atom. The first kappa shape index (κ1) is 17.7. The predicted molar refractivity (Wildman–Crippen MR) is 98.0 cm³/mol. The fraction of sp³-hybridized carbons (Fsp3) is 0.421. The second-order valence-electron chi connectivity index (χ2n) is 6.57. The minimum Gasteiger partial charge on any atom is -0.342 e. The van der Waals surface area contributed by atoms with Crippen LogP contribution in [-0.2, 0) is 11.3 Å². The Morgan fingerprint density at radius 2 is 2.08 bits per heavy atom. The van der Waals surface area contributed by atoms with Gasteiger partial charge in [0, 0.05) is 48.4 Å². The van der Waals surface area contributed by atoms with E-state index in [1.807, 2.05) is 42.2 Å². The Labute approximate surface area is 152 Å². The van der Waals surface area contributed by atoms with Gasteiger partial charge < -0.3 is 4.90 Å². The summed E-state index contributed by atoms with van der Waals surface area (Å²) in [7, 11) is 0. The van der Waals surface area contributed by atoms with Crippen molar-refractivity contribution >= 4 is 17.5 Å². The molecule has 1 aromatic carbocycles. The molecule has 0 saturated carbocycles. The summed E-state index contributed by atoms with van der Waals surface area (Å²) in [5, 5.41) is 0.759. The average molecular weight is 360 g/mol. The number of carbonyl (C=O) groups is 1. The lowest BCUT2D eigenvalue weighted by Crippen LogP contribution is -2.32. The van der Waals surface area contributed by atoms with Gasteiger partial charge in [-0.15, -0.1) is 0 Å². The van der Waals surface area contributed by atoms with Crippen molar-refractivity contribution in [3.8, 4) is 0 Å². The van der Waals surface area contributed by atoms with Gasteiger partial charge in [-0.05, 0) is 38.0 Å². The number of benzene rings is 1. The van der Waals surface area contributed by atoms with Crippen LogP contribution in [-0.4, -0.2) is 33.4 Å². The molecule has 1 saturated heterocycles. The van der Waals surface area contributed by atoms with Gasteiger partial charge in [0.2, 0.25) is 5.91 Å². The molecule has 25 heavy (non-hydrogen) atoms. The zero-order valence-corrected chi connectivity index (χ0v) is 15.3. The van der Waals surface area contributed by atoms with Gasteiger partial charge in [0.05, 0.1) is 0 Å². The van der Waals surface area contributed by atoms with E-state index in [0.29, 0.717) is 25.2 Å². The molecule has 3 rings (SSSR count). The maximum atomic E-state index is 12.5. The second-order valence-corrected chi connectivity index (χ2v) is 6.98. The number of carbonyl (C=O) groups excluding carboxylic acids is 1. The van der Waals surface area contributed by atoms with Gasteiger partial charge in [-0.2, -0.15) is 4.98 Å². The highest BCUT2D eigenvalue weighted by Gasteiger charge is 2.28. The molecular formula is C19H22ClN3O2. The van der Waals surface area contributed by atoms with Gasteiger partial charge in [-0.1, -0.05) is 29.8 Å². The second kappa shape index (κ2) is 7.40. The predicted octanol–water partition coefficient (Wildman–Crippen LogP) is 2.92. The molecule has 0 radical (unpaired) electrons. The van der Waals surface area contributed by atoms with E-state index in [9.17, 15) is 9.59 Å². The number of nitrogens with zero attached hydrogens (tertiary/aromatic N) is 3. The maximum Gasteiger partial charge on any atom is 0.347 e. The number of likely N-dealkylation sites (tertiary alicyclic amines) is 1. The molecule has 2 aromatic rings. The molecule has 1 aliphatic rings. The van der Waals surface area contributed by atoms with Gasteiger partial charge in [0.25, 0.3) is 0 Å². The molecule has 0 bridgehead atoms. The molecule has 5 nitrogen and oxygen atoms in total. The molecule has 1 atom stereocenters. The zero-order valence-electron chi connectivity index (χ0n) is 14.5. The summed E-state index contributed by atoms with van der Waals surface area (Å²) < 4.78 is 1.56. The first-order valence-corrected chi connectivity index (χ1v) is 8.91. The Hall–Kier alpha value is -2.14. The van der Waals surface area contributed by atoms with E-state index in [2.05, 4.69) is 4.98 Å². The lowest BCUT2D eigenvalue weighted by molar-refractivity contribution is -0.130. The topological polar surface area (TPSA) is 55.2 Å². The molecule has 0 spiro atoms. The van der Waals surface area contributed by atoms with Crippen LogP contribution in [0.3, 0.4) is 0 Å². The van der Waals surface area contributed by atoms with Crippen molar-refractivity contribution in [2.75, 3.05) is 13.1 Å². The van der Waals surface area contributed by atoms with Gasteiger partial charge in [0.1, 0.15) is 0 Å². The highest BCUT2D eigenvalue weighted by molar-refractivity contribution is 6.31. The lowest BCUT2D eigenvalue weighted by Gasteiger charge is -2.18. The van der Waals surface area contributed by atoms with Crippen molar-refractivity contribution in [3.05, 3.63) is 62.8 Å². The highest BCUT2D eigenvalue weighted by atomic mass is 35.5. The quantitative estimate of drug-likeness (QED) is 0.843. The first-order chi connectivity index (χ1) is 12.0. The van der Waals surface area contributed by atoms with Crippen LogP contribution in [0.4, 0.5) is 0 Å². The third kappa shape index (κ3) is 3.93. The van der Waals surface area contributed by atoms with Crippen LogP contribution < -0.4 is 5.69 Å². The Bertz CT molecular complexity index is 847. The number of rotatable bonds is 4.